The Morgan fingerprint density at radius 2 is 2.17 bits per heavy atom. The summed E-state index contributed by atoms with van der Waals surface area (Å²) in [6.45, 7) is 0. The molecule has 6 nitrogen and oxygen atoms in total. The van der Waals surface area contributed by atoms with Crippen molar-refractivity contribution in [3.05, 3.63) is 34.6 Å². The summed E-state index contributed by atoms with van der Waals surface area (Å²) in [5.74, 6) is 0.799. The minimum atomic E-state index is -2.94. The zero-order valence-corrected chi connectivity index (χ0v) is 15.0. The molecule has 3 aromatic rings. The molecule has 1 N–H and O–H groups in total. The Kier molecular flexibility index (Phi) is 4.07. The number of rotatable bonds is 4. The molecule has 124 valence electrons. The van der Waals surface area contributed by atoms with Crippen molar-refractivity contribution < 1.29 is 8.42 Å². The first-order valence-electron chi connectivity index (χ1n) is 7.37. The fourth-order valence-corrected chi connectivity index (χ4v) is 5.64. The molecule has 3 aromatic heterocycles. The van der Waals surface area contributed by atoms with Crippen LogP contribution in [-0.2, 0) is 9.84 Å². The SMILES string of the molecule is O=S1(=O)CC[C@@H](Nc2ncc(-c3ccsc3)c(-c3nccs3)n2)C1. The monoisotopic (exact) mass is 378 g/mol. The van der Waals surface area contributed by atoms with E-state index in [1.165, 1.54) is 11.3 Å². The second-order valence-electron chi connectivity index (χ2n) is 5.55. The number of thiophene rings is 1. The van der Waals surface area contributed by atoms with Crippen molar-refractivity contribution in [1.29, 1.82) is 0 Å². The van der Waals surface area contributed by atoms with Crippen LogP contribution in [0.4, 0.5) is 5.95 Å². The van der Waals surface area contributed by atoms with Crippen LogP contribution in [0.15, 0.2) is 34.6 Å². The van der Waals surface area contributed by atoms with Crippen molar-refractivity contribution in [2.45, 2.75) is 12.5 Å². The molecule has 1 atom stereocenters. The van der Waals surface area contributed by atoms with Gasteiger partial charge in [0.25, 0.3) is 0 Å². The van der Waals surface area contributed by atoms with Gasteiger partial charge < -0.3 is 5.32 Å². The van der Waals surface area contributed by atoms with Crippen LogP contribution in [0, 0.1) is 0 Å². The van der Waals surface area contributed by atoms with Crippen LogP contribution in [0.3, 0.4) is 0 Å². The minimum absolute atomic E-state index is 0.133. The van der Waals surface area contributed by atoms with Crippen LogP contribution in [0.2, 0.25) is 0 Å². The molecule has 24 heavy (non-hydrogen) atoms. The zero-order valence-electron chi connectivity index (χ0n) is 12.5. The fraction of sp³-hybridized carbons (Fsp3) is 0.267. The lowest BCUT2D eigenvalue weighted by Gasteiger charge is -2.12. The van der Waals surface area contributed by atoms with E-state index in [1.54, 1.807) is 23.7 Å². The summed E-state index contributed by atoms with van der Waals surface area (Å²) in [4.78, 5) is 13.4. The third-order valence-corrected chi connectivity index (χ3v) is 7.05. The van der Waals surface area contributed by atoms with E-state index in [2.05, 4.69) is 20.3 Å². The first-order chi connectivity index (χ1) is 11.6. The first kappa shape index (κ1) is 15.7. The summed E-state index contributed by atoms with van der Waals surface area (Å²) in [5, 5.41) is 9.94. The van der Waals surface area contributed by atoms with Crippen molar-refractivity contribution in [3.8, 4) is 21.8 Å². The number of nitrogens with zero attached hydrogens (tertiary/aromatic N) is 3. The maximum atomic E-state index is 11.6. The van der Waals surface area contributed by atoms with Gasteiger partial charge in [-0.25, -0.2) is 23.4 Å². The molecule has 1 fully saturated rings. The molecule has 4 rings (SSSR count). The van der Waals surface area contributed by atoms with E-state index in [9.17, 15) is 8.42 Å². The lowest BCUT2D eigenvalue weighted by Crippen LogP contribution is -2.22. The summed E-state index contributed by atoms with van der Waals surface area (Å²) in [6, 6.07) is 1.89. The van der Waals surface area contributed by atoms with E-state index in [-0.39, 0.29) is 17.5 Å². The van der Waals surface area contributed by atoms with Gasteiger partial charge in [0.1, 0.15) is 10.7 Å². The molecular weight excluding hydrogens is 364 g/mol. The highest BCUT2D eigenvalue weighted by atomic mass is 32.2. The Morgan fingerprint density at radius 3 is 2.83 bits per heavy atom. The van der Waals surface area contributed by atoms with Gasteiger partial charge in [0.15, 0.2) is 9.84 Å². The van der Waals surface area contributed by atoms with Gasteiger partial charge in [-0.3, -0.25) is 0 Å². The molecule has 0 aromatic carbocycles. The van der Waals surface area contributed by atoms with Gasteiger partial charge in [0, 0.05) is 29.4 Å². The van der Waals surface area contributed by atoms with Crippen molar-refractivity contribution in [2.24, 2.45) is 0 Å². The highest BCUT2D eigenvalue weighted by molar-refractivity contribution is 7.91. The molecule has 1 saturated heterocycles. The standard InChI is InChI=1S/C15H14N4O2S3/c20-24(21)6-2-11(9-24)18-15-17-7-12(10-1-4-22-8-10)13(19-15)14-16-3-5-23-14/h1,3-5,7-8,11H,2,6,9H2,(H,17,18,19)/t11-/m1/s1. The molecule has 0 unspecified atom stereocenters. The second kappa shape index (κ2) is 6.23. The van der Waals surface area contributed by atoms with Crippen molar-refractivity contribution >= 4 is 38.5 Å². The topological polar surface area (TPSA) is 84.8 Å². The largest absolute Gasteiger partial charge is 0.350 e. The van der Waals surface area contributed by atoms with Gasteiger partial charge in [-0.05, 0) is 28.8 Å². The smallest absolute Gasteiger partial charge is 0.223 e. The maximum absolute atomic E-state index is 11.6. The maximum Gasteiger partial charge on any atom is 0.223 e. The molecule has 0 amide bonds. The van der Waals surface area contributed by atoms with E-state index < -0.39 is 9.84 Å². The molecule has 4 heterocycles. The summed E-state index contributed by atoms with van der Waals surface area (Å²) >= 11 is 3.13. The molecule has 0 spiro atoms. The number of thiazole rings is 1. The number of sulfone groups is 1. The minimum Gasteiger partial charge on any atom is -0.350 e. The van der Waals surface area contributed by atoms with Gasteiger partial charge in [-0.2, -0.15) is 11.3 Å². The van der Waals surface area contributed by atoms with E-state index in [0.29, 0.717) is 12.4 Å². The Labute approximate surface area is 147 Å². The van der Waals surface area contributed by atoms with Crippen LogP contribution in [0.25, 0.3) is 21.8 Å². The number of hydrogen-bond acceptors (Lipinski definition) is 8. The van der Waals surface area contributed by atoms with Crippen LogP contribution in [-0.4, -0.2) is 40.9 Å². The molecule has 9 heteroatoms. The number of hydrogen-bond donors (Lipinski definition) is 1. The summed E-state index contributed by atoms with van der Waals surface area (Å²) in [5.41, 5.74) is 2.75. The predicted molar refractivity (Wildman–Crippen MR) is 97.1 cm³/mol. The lowest BCUT2D eigenvalue weighted by atomic mass is 10.1. The predicted octanol–water partition coefficient (Wildman–Crippen LogP) is 2.93. The van der Waals surface area contributed by atoms with Crippen molar-refractivity contribution in [1.82, 2.24) is 15.0 Å². The van der Waals surface area contributed by atoms with E-state index >= 15 is 0 Å². The first-order valence-corrected chi connectivity index (χ1v) is 11.0. The molecule has 1 aliphatic heterocycles. The number of anilines is 1. The van der Waals surface area contributed by atoms with Crippen LogP contribution in [0.5, 0.6) is 0 Å². The highest BCUT2D eigenvalue weighted by Gasteiger charge is 2.28. The van der Waals surface area contributed by atoms with Gasteiger partial charge in [-0.15, -0.1) is 11.3 Å². The van der Waals surface area contributed by atoms with Gasteiger partial charge in [0.05, 0.1) is 11.5 Å². The van der Waals surface area contributed by atoms with Crippen LogP contribution in [0.1, 0.15) is 6.42 Å². The van der Waals surface area contributed by atoms with Crippen LogP contribution < -0.4 is 5.32 Å². The lowest BCUT2D eigenvalue weighted by molar-refractivity contribution is 0.602. The van der Waals surface area contributed by atoms with E-state index in [4.69, 9.17) is 0 Å². The Morgan fingerprint density at radius 1 is 1.25 bits per heavy atom. The van der Waals surface area contributed by atoms with Gasteiger partial charge in [0.2, 0.25) is 5.95 Å². The summed E-state index contributed by atoms with van der Waals surface area (Å²) in [6.07, 6.45) is 4.11. The fourth-order valence-electron chi connectivity index (χ4n) is 2.68. The molecule has 1 aliphatic rings. The highest BCUT2D eigenvalue weighted by Crippen LogP contribution is 2.33. The molecular formula is C15H14N4O2S3. The molecule has 0 aliphatic carbocycles. The third-order valence-electron chi connectivity index (χ3n) is 3.82. The summed E-state index contributed by atoms with van der Waals surface area (Å²) in [7, 11) is -2.94. The average molecular weight is 379 g/mol. The normalized spacial score (nSPS) is 19.4. The molecule has 0 saturated carbocycles. The Hall–Kier alpha value is -1.84. The average Bonchev–Trinajstić information content (AvgIpc) is 3.29. The third kappa shape index (κ3) is 3.19. The quantitative estimate of drug-likeness (QED) is 0.751. The molecule has 0 bridgehead atoms. The molecule has 0 radical (unpaired) electrons. The van der Waals surface area contributed by atoms with E-state index in [1.807, 2.05) is 22.2 Å². The van der Waals surface area contributed by atoms with Crippen LogP contribution >= 0.6 is 22.7 Å². The van der Waals surface area contributed by atoms with Gasteiger partial charge in [-0.1, -0.05) is 0 Å². The van der Waals surface area contributed by atoms with E-state index in [0.717, 1.165) is 21.8 Å². The summed E-state index contributed by atoms with van der Waals surface area (Å²) < 4.78 is 23.2. The second-order valence-corrected chi connectivity index (χ2v) is 9.45. The number of aromatic nitrogens is 3. The zero-order chi connectivity index (χ0) is 16.6. The number of nitrogens with one attached hydrogen (secondary N) is 1. The van der Waals surface area contributed by atoms with Crippen molar-refractivity contribution in [2.75, 3.05) is 16.8 Å². The van der Waals surface area contributed by atoms with Gasteiger partial charge >= 0.3 is 0 Å². The Bertz CT molecular complexity index is 937. The Balaban J connectivity index is 1.69. The van der Waals surface area contributed by atoms with Crippen molar-refractivity contribution in [3.63, 3.8) is 0 Å².